The van der Waals surface area contributed by atoms with Crippen LogP contribution in [-0.2, 0) is 25.7 Å². The van der Waals surface area contributed by atoms with E-state index in [9.17, 15) is 14.4 Å². The summed E-state index contributed by atoms with van der Waals surface area (Å²) in [6.07, 6.45) is 5.55. The number of nitrogens with one attached hydrogen (secondary N) is 2. The Labute approximate surface area is 147 Å². The van der Waals surface area contributed by atoms with Crippen molar-refractivity contribution in [1.82, 2.24) is 20.0 Å². The molecule has 9 heteroatoms. The van der Waals surface area contributed by atoms with Crippen LogP contribution < -0.4 is 10.6 Å². The third-order valence-corrected chi connectivity index (χ3v) is 3.50. The van der Waals surface area contributed by atoms with Crippen molar-refractivity contribution in [3.63, 3.8) is 0 Å². The molecular formula is C16H27N5O4. The zero-order chi connectivity index (χ0) is 18.8. The number of anilines is 1. The molecule has 0 unspecified atom stereocenters. The predicted molar refractivity (Wildman–Crippen MR) is 92.9 cm³/mol. The molecule has 3 amide bonds. The van der Waals surface area contributed by atoms with Crippen LogP contribution in [0.1, 0.15) is 26.2 Å². The lowest BCUT2D eigenvalue weighted by Gasteiger charge is -2.17. The van der Waals surface area contributed by atoms with Crippen molar-refractivity contribution in [3.8, 4) is 0 Å². The molecule has 1 heterocycles. The molecule has 2 N–H and O–H groups in total. The highest BCUT2D eigenvalue weighted by Gasteiger charge is 2.19. The van der Waals surface area contributed by atoms with Gasteiger partial charge in [-0.1, -0.05) is 19.8 Å². The van der Waals surface area contributed by atoms with Crippen LogP contribution in [0.4, 0.5) is 5.69 Å². The standard InChI is InChI=1S/C16H27N5O4/c1-5-6-7-12(11-25-4)18-15(23)16(24)19-13-8-17-21(9-13)10-14(22)20(2)3/h8-9,12H,5-7,10-11H2,1-4H3,(H,18,23)(H,19,24)/t12-/m1/s1. The van der Waals surface area contributed by atoms with Crippen LogP contribution in [0.5, 0.6) is 0 Å². The molecule has 1 aromatic heterocycles. The predicted octanol–water partition coefficient (Wildman–Crippen LogP) is 0.231. The number of carbonyl (C=O) groups excluding carboxylic acids is 3. The second-order valence-electron chi connectivity index (χ2n) is 5.94. The summed E-state index contributed by atoms with van der Waals surface area (Å²) in [6.45, 7) is 2.46. The molecular weight excluding hydrogens is 326 g/mol. The summed E-state index contributed by atoms with van der Waals surface area (Å²) in [6, 6.07) is -0.205. The van der Waals surface area contributed by atoms with Gasteiger partial charge in [0.25, 0.3) is 0 Å². The molecule has 0 saturated heterocycles. The molecule has 0 aromatic carbocycles. The first-order valence-corrected chi connectivity index (χ1v) is 8.20. The van der Waals surface area contributed by atoms with Crippen molar-refractivity contribution in [2.24, 2.45) is 0 Å². The van der Waals surface area contributed by atoms with Crippen LogP contribution in [0.15, 0.2) is 12.4 Å². The highest BCUT2D eigenvalue weighted by molar-refractivity contribution is 6.39. The first-order chi connectivity index (χ1) is 11.9. The van der Waals surface area contributed by atoms with Gasteiger partial charge in [0.15, 0.2) is 0 Å². The number of hydrogen-bond donors (Lipinski definition) is 2. The molecule has 1 atom stereocenters. The Morgan fingerprint density at radius 1 is 1.32 bits per heavy atom. The second kappa shape index (κ2) is 10.4. The molecule has 0 bridgehead atoms. The summed E-state index contributed by atoms with van der Waals surface area (Å²) in [7, 11) is 4.84. The van der Waals surface area contributed by atoms with Gasteiger partial charge in [-0.2, -0.15) is 5.10 Å². The van der Waals surface area contributed by atoms with Crippen LogP contribution in [0.25, 0.3) is 0 Å². The molecule has 140 valence electrons. The van der Waals surface area contributed by atoms with E-state index in [0.717, 1.165) is 19.3 Å². The van der Waals surface area contributed by atoms with Gasteiger partial charge in [-0.3, -0.25) is 19.1 Å². The largest absolute Gasteiger partial charge is 0.383 e. The van der Waals surface area contributed by atoms with Gasteiger partial charge in [-0.05, 0) is 6.42 Å². The van der Waals surface area contributed by atoms with Gasteiger partial charge in [-0.15, -0.1) is 0 Å². The number of ether oxygens (including phenoxy) is 1. The molecule has 0 aliphatic carbocycles. The molecule has 0 fully saturated rings. The van der Waals surface area contributed by atoms with Crippen molar-refractivity contribution in [2.75, 3.05) is 33.1 Å². The summed E-state index contributed by atoms with van der Waals surface area (Å²) >= 11 is 0. The molecule has 0 saturated carbocycles. The van der Waals surface area contributed by atoms with E-state index in [1.165, 1.54) is 22.0 Å². The fourth-order valence-electron chi connectivity index (χ4n) is 2.08. The summed E-state index contributed by atoms with van der Waals surface area (Å²) in [4.78, 5) is 37.1. The van der Waals surface area contributed by atoms with Crippen LogP contribution in [-0.4, -0.2) is 66.3 Å². The highest BCUT2D eigenvalue weighted by atomic mass is 16.5. The van der Waals surface area contributed by atoms with Crippen molar-refractivity contribution < 1.29 is 19.1 Å². The minimum Gasteiger partial charge on any atom is -0.383 e. The number of aromatic nitrogens is 2. The average Bonchev–Trinajstić information content (AvgIpc) is 2.99. The maximum absolute atomic E-state index is 12.0. The normalized spacial score (nSPS) is 11.7. The second-order valence-corrected chi connectivity index (χ2v) is 5.94. The number of amides is 3. The Balaban J connectivity index is 2.55. The summed E-state index contributed by atoms with van der Waals surface area (Å²) in [5.41, 5.74) is 0.351. The molecule has 25 heavy (non-hydrogen) atoms. The lowest BCUT2D eigenvalue weighted by atomic mass is 10.1. The fraction of sp³-hybridized carbons (Fsp3) is 0.625. The van der Waals surface area contributed by atoms with Gasteiger partial charge in [-0.25, -0.2) is 0 Å². The molecule has 1 aromatic rings. The van der Waals surface area contributed by atoms with Gasteiger partial charge >= 0.3 is 11.8 Å². The van der Waals surface area contributed by atoms with E-state index in [0.29, 0.717) is 12.3 Å². The minimum atomic E-state index is -0.781. The minimum absolute atomic E-state index is 0.0575. The molecule has 0 aliphatic rings. The van der Waals surface area contributed by atoms with E-state index >= 15 is 0 Å². The molecule has 0 radical (unpaired) electrons. The zero-order valence-electron chi connectivity index (χ0n) is 15.2. The number of hydrogen-bond acceptors (Lipinski definition) is 5. The van der Waals surface area contributed by atoms with E-state index in [-0.39, 0.29) is 18.5 Å². The number of nitrogens with zero attached hydrogens (tertiary/aromatic N) is 3. The average molecular weight is 353 g/mol. The van der Waals surface area contributed by atoms with Crippen molar-refractivity contribution >= 4 is 23.4 Å². The molecule has 0 aliphatic heterocycles. The quantitative estimate of drug-likeness (QED) is 0.618. The van der Waals surface area contributed by atoms with Crippen LogP contribution >= 0.6 is 0 Å². The Hall–Kier alpha value is -2.42. The third-order valence-electron chi connectivity index (χ3n) is 3.50. The lowest BCUT2D eigenvalue weighted by Crippen LogP contribution is -2.43. The third kappa shape index (κ3) is 7.34. The van der Waals surface area contributed by atoms with Crippen molar-refractivity contribution in [2.45, 2.75) is 38.8 Å². The topological polar surface area (TPSA) is 106 Å². The Morgan fingerprint density at radius 3 is 2.64 bits per heavy atom. The maximum Gasteiger partial charge on any atom is 0.313 e. The summed E-state index contributed by atoms with van der Waals surface area (Å²) in [5.74, 6) is -1.64. The van der Waals surface area contributed by atoms with E-state index in [4.69, 9.17) is 4.74 Å². The van der Waals surface area contributed by atoms with Gasteiger partial charge in [0.2, 0.25) is 5.91 Å². The van der Waals surface area contributed by atoms with E-state index < -0.39 is 11.8 Å². The molecule has 0 spiro atoms. The lowest BCUT2D eigenvalue weighted by molar-refractivity contribution is -0.136. The van der Waals surface area contributed by atoms with Gasteiger partial charge in [0, 0.05) is 27.4 Å². The van der Waals surface area contributed by atoms with Crippen LogP contribution in [0.2, 0.25) is 0 Å². The summed E-state index contributed by atoms with van der Waals surface area (Å²) in [5, 5.41) is 9.12. The molecule has 9 nitrogen and oxygen atoms in total. The highest BCUT2D eigenvalue weighted by Crippen LogP contribution is 2.06. The van der Waals surface area contributed by atoms with Crippen LogP contribution in [0.3, 0.4) is 0 Å². The Morgan fingerprint density at radius 2 is 2.04 bits per heavy atom. The first kappa shape index (κ1) is 20.6. The number of unbranched alkanes of at least 4 members (excludes halogenated alkanes) is 1. The number of rotatable bonds is 9. The maximum atomic E-state index is 12.0. The van der Waals surface area contributed by atoms with Crippen molar-refractivity contribution in [3.05, 3.63) is 12.4 Å². The number of likely N-dealkylation sites (N-methyl/N-ethyl adjacent to an activating group) is 1. The first-order valence-electron chi connectivity index (χ1n) is 8.20. The van der Waals surface area contributed by atoms with Crippen molar-refractivity contribution in [1.29, 1.82) is 0 Å². The fourth-order valence-corrected chi connectivity index (χ4v) is 2.08. The van der Waals surface area contributed by atoms with Gasteiger partial charge in [0.05, 0.1) is 24.5 Å². The van der Waals surface area contributed by atoms with E-state index in [2.05, 4.69) is 22.7 Å². The number of methoxy groups -OCH3 is 1. The Kier molecular flexibility index (Phi) is 8.62. The molecule has 1 rings (SSSR count). The van der Waals surface area contributed by atoms with Gasteiger partial charge < -0.3 is 20.3 Å². The van der Waals surface area contributed by atoms with Crippen LogP contribution in [0, 0.1) is 0 Å². The Bertz CT molecular complexity index is 585. The summed E-state index contributed by atoms with van der Waals surface area (Å²) < 4.78 is 6.46. The zero-order valence-corrected chi connectivity index (χ0v) is 15.2. The SMILES string of the molecule is CCCC[C@H](COC)NC(=O)C(=O)Nc1cnn(CC(=O)N(C)C)c1. The number of carbonyl (C=O) groups is 3. The van der Waals surface area contributed by atoms with E-state index in [1.54, 1.807) is 21.2 Å². The van der Waals surface area contributed by atoms with E-state index in [1.807, 2.05) is 0 Å². The smallest absolute Gasteiger partial charge is 0.313 e. The van der Waals surface area contributed by atoms with Gasteiger partial charge in [0.1, 0.15) is 6.54 Å². The monoisotopic (exact) mass is 353 g/mol.